The molecule has 1 heterocycles. The highest BCUT2D eigenvalue weighted by Crippen LogP contribution is 2.35. The number of benzene rings is 2. The standard InChI is InChI=1S/C23H29N3O4S.ClH/c1-6-30-18-9-7-10-20-21(18)24-23(31-20)26(14-8-13-25(2)3)22(27)16-11-12-17(28-4)19(15-16)29-5;/h7,9-12,15H,6,8,13-14H2,1-5H3;1H. The second-order valence-electron chi connectivity index (χ2n) is 7.22. The van der Waals surface area contributed by atoms with Crippen molar-refractivity contribution in [2.45, 2.75) is 13.3 Å². The van der Waals surface area contributed by atoms with Crippen molar-refractivity contribution >= 4 is 45.0 Å². The fraction of sp³-hybridized carbons (Fsp3) is 0.391. The molecular formula is C23H30ClN3O4S. The van der Waals surface area contributed by atoms with E-state index in [-0.39, 0.29) is 18.3 Å². The molecule has 3 aromatic rings. The Balaban J connectivity index is 0.00000363. The van der Waals surface area contributed by atoms with Crippen molar-refractivity contribution in [2.75, 3.05) is 52.9 Å². The van der Waals surface area contributed by atoms with Gasteiger partial charge in [-0.2, -0.15) is 0 Å². The van der Waals surface area contributed by atoms with Crippen molar-refractivity contribution in [1.82, 2.24) is 9.88 Å². The number of ether oxygens (including phenoxy) is 3. The van der Waals surface area contributed by atoms with Crippen molar-refractivity contribution in [3.8, 4) is 17.2 Å². The fourth-order valence-corrected chi connectivity index (χ4v) is 4.26. The molecule has 0 aliphatic rings. The third-order valence-corrected chi connectivity index (χ3v) is 5.81. The summed E-state index contributed by atoms with van der Waals surface area (Å²) in [6.45, 7) is 3.92. The van der Waals surface area contributed by atoms with Crippen LogP contribution in [-0.2, 0) is 0 Å². The molecule has 174 valence electrons. The molecular weight excluding hydrogens is 450 g/mol. The Morgan fingerprint density at radius 2 is 1.78 bits per heavy atom. The Kier molecular flexibility index (Phi) is 9.56. The number of thiazole rings is 1. The van der Waals surface area contributed by atoms with E-state index >= 15 is 0 Å². The normalized spacial score (nSPS) is 10.7. The summed E-state index contributed by atoms with van der Waals surface area (Å²) in [7, 11) is 7.17. The third-order valence-electron chi connectivity index (χ3n) is 4.76. The molecule has 0 fully saturated rings. The van der Waals surface area contributed by atoms with E-state index in [9.17, 15) is 4.79 Å². The van der Waals surface area contributed by atoms with Gasteiger partial charge in [0.2, 0.25) is 0 Å². The average Bonchev–Trinajstić information content (AvgIpc) is 3.20. The predicted molar refractivity (Wildman–Crippen MR) is 132 cm³/mol. The van der Waals surface area contributed by atoms with Gasteiger partial charge in [0, 0.05) is 12.1 Å². The van der Waals surface area contributed by atoms with Crippen LogP contribution in [0.3, 0.4) is 0 Å². The molecule has 2 aromatic carbocycles. The van der Waals surface area contributed by atoms with Crippen LogP contribution in [0.25, 0.3) is 10.2 Å². The summed E-state index contributed by atoms with van der Waals surface area (Å²) < 4.78 is 17.4. The first-order valence-corrected chi connectivity index (χ1v) is 11.0. The molecule has 3 rings (SSSR count). The Morgan fingerprint density at radius 1 is 1.03 bits per heavy atom. The molecule has 0 saturated carbocycles. The molecule has 0 unspecified atom stereocenters. The lowest BCUT2D eigenvalue weighted by Crippen LogP contribution is -2.33. The highest BCUT2D eigenvalue weighted by atomic mass is 35.5. The van der Waals surface area contributed by atoms with E-state index in [1.165, 1.54) is 11.3 Å². The van der Waals surface area contributed by atoms with Gasteiger partial charge in [-0.1, -0.05) is 17.4 Å². The summed E-state index contributed by atoms with van der Waals surface area (Å²) in [5.41, 5.74) is 1.30. The van der Waals surface area contributed by atoms with Crippen LogP contribution in [-0.4, -0.2) is 63.8 Å². The lowest BCUT2D eigenvalue weighted by molar-refractivity contribution is 0.0985. The minimum Gasteiger partial charge on any atom is -0.493 e. The molecule has 0 N–H and O–H groups in total. The molecule has 9 heteroatoms. The summed E-state index contributed by atoms with van der Waals surface area (Å²) >= 11 is 1.49. The number of amides is 1. The lowest BCUT2D eigenvalue weighted by Gasteiger charge is -2.21. The third kappa shape index (κ3) is 5.82. The van der Waals surface area contributed by atoms with E-state index in [0.29, 0.717) is 35.3 Å². The van der Waals surface area contributed by atoms with Gasteiger partial charge in [-0.25, -0.2) is 4.98 Å². The van der Waals surface area contributed by atoms with Crippen LogP contribution >= 0.6 is 23.7 Å². The Bertz CT molecular complexity index is 1040. The highest BCUT2D eigenvalue weighted by Gasteiger charge is 2.23. The highest BCUT2D eigenvalue weighted by molar-refractivity contribution is 7.22. The van der Waals surface area contributed by atoms with E-state index in [0.717, 1.165) is 28.9 Å². The van der Waals surface area contributed by atoms with Gasteiger partial charge in [-0.05, 0) is 64.3 Å². The maximum absolute atomic E-state index is 13.5. The second kappa shape index (κ2) is 11.9. The Hall–Kier alpha value is -2.55. The minimum atomic E-state index is -0.128. The smallest absolute Gasteiger partial charge is 0.260 e. The lowest BCUT2D eigenvalue weighted by atomic mass is 10.1. The zero-order valence-corrected chi connectivity index (χ0v) is 20.7. The number of anilines is 1. The van der Waals surface area contributed by atoms with Gasteiger partial charge < -0.3 is 19.1 Å². The van der Waals surface area contributed by atoms with Crippen molar-refractivity contribution < 1.29 is 19.0 Å². The molecule has 0 radical (unpaired) electrons. The van der Waals surface area contributed by atoms with E-state index in [1.807, 2.05) is 39.2 Å². The molecule has 0 saturated heterocycles. The fourth-order valence-electron chi connectivity index (χ4n) is 3.25. The Morgan fingerprint density at radius 3 is 2.44 bits per heavy atom. The number of para-hydroxylation sites is 1. The number of rotatable bonds is 10. The van der Waals surface area contributed by atoms with Gasteiger partial charge in [-0.3, -0.25) is 9.69 Å². The molecule has 0 aliphatic carbocycles. The first-order chi connectivity index (χ1) is 15.0. The SMILES string of the molecule is CCOc1cccc2sc(N(CCCN(C)C)C(=O)c3ccc(OC)c(OC)c3)nc12.Cl. The van der Waals surface area contributed by atoms with Crippen LogP contribution in [0.15, 0.2) is 36.4 Å². The zero-order valence-electron chi connectivity index (χ0n) is 19.1. The van der Waals surface area contributed by atoms with E-state index in [4.69, 9.17) is 19.2 Å². The van der Waals surface area contributed by atoms with Gasteiger partial charge in [0.05, 0.1) is 25.5 Å². The predicted octanol–water partition coefficient (Wildman–Crippen LogP) is 4.73. The van der Waals surface area contributed by atoms with Gasteiger partial charge in [0.25, 0.3) is 5.91 Å². The van der Waals surface area contributed by atoms with Crippen LogP contribution in [0.4, 0.5) is 5.13 Å². The van der Waals surface area contributed by atoms with Gasteiger partial charge in [0.1, 0.15) is 11.3 Å². The number of carbonyl (C=O) groups excluding carboxylic acids is 1. The van der Waals surface area contributed by atoms with Crippen LogP contribution in [0.5, 0.6) is 17.2 Å². The van der Waals surface area contributed by atoms with Crippen molar-refractivity contribution in [3.05, 3.63) is 42.0 Å². The molecule has 0 atom stereocenters. The summed E-state index contributed by atoms with van der Waals surface area (Å²) in [5, 5.41) is 0.653. The molecule has 1 amide bonds. The van der Waals surface area contributed by atoms with E-state index < -0.39 is 0 Å². The van der Waals surface area contributed by atoms with Crippen LogP contribution < -0.4 is 19.1 Å². The Labute approximate surface area is 199 Å². The van der Waals surface area contributed by atoms with Gasteiger partial charge in [-0.15, -0.1) is 12.4 Å². The number of aromatic nitrogens is 1. The first kappa shape index (κ1) is 25.7. The summed E-state index contributed by atoms with van der Waals surface area (Å²) in [6.07, 6.45) is 0.820. The number of methoxy groups -OCH3 is 2. The number of nitrogens with zero attached hydrogens (tertiary/aromatic N) is 3. The van der Waals surface area contributed by atoms with Crippen LogP contribution in [0.1, 0.15) is 23.7 Å². The van der Waals surface area contributed by atoms with E-state index in [2.05, 4.69) is 4.90 Å². The molecule has 32 heavy (non-hydrogen) atoms. The topological polar surface area (TPSA) is 64.1 Å². The molecule has 1 aromatic heterocycles. The number of halogens is 1. The number of hydrogen-bond donors (Lipinski definition) is 0. The largest absolute Gasteiger partial charge is 0.493 e. The van der Waals surface area contributed by atoms with Crippen molar-refractivity contribution in [3.63, 3.8) is 0 Å². The van der Waals surface area contributed by atoms with Crippen molar-refractivity contribution in [2.24, 2.45) is 0 Å². The first-order valence-electron chi connectivity index (χ1n) is 10.2. The maximum atomic E-state index is 13.5. The summed E-state index contributed by atoms with van der Waals surface area (Å²) in [5.74, 6) is 1.70. The molecule has 0 aliphatic heterocycles. The summed E-state index contributed by atoms with van der Waals surface area (Å²) in [4.78, 5) is 22.2. The van der Waals surface area contributed by atoms with E-state index in [1.54, 1.807) is 37.3 Å². The molecule has 0 spiro atoms. The number of hydrogen-bond acceptors (Lipinski definition) is 7. The maximum Gasteiger partial charge on any atom is 0.260 e. The van der Waals surface area contributed by atoms with Gasteiger partial charge >= 0.3 is 0 Å². The molecule has 7 nitrogen and oxygen atoms in total. The van der Waals surface area contributed by atoms with Gasteiger partial charge in [0.15, 0.2) is 16.6 Å². The van der Waals surface area contributed by atoms with Crippen LogP contribution in [0.2, 0.25) is 0 Å². The monoisotopic (exact) mass is 479 g/mol. The second-order valence-corrected chi connectivity index (χ2v) is 8.22. The number of fused-ring (bicyclic) bond motifs is 1. The summed E-state index contributed by atoms with van der Waals surface area (Å²) in [6, 6.07) is 11.1. The van der Waals surface area contributed by atoms with Crippen LogP contribution in [0, 0.1) is 0 Å². The zero-order chi connectivity index (χ0) is 22.4. The van der Waals surface area contributed by atoms with Crippen molar-refractivity contribution in [1.29, 1.82) is 0 Å². The average molecular weight is 480 g/mol. The quantitative estimate of drug-likeness (QED) is 0.418. The number of carbonyl (C=O) groups is 1. The minimum absolute atomic E-state index is 0. The molecule has 0 bridgehead atoms.